The van der Waals surface area contributed by atoms with E-state index in [0.717, 1.165) is 5.56 Å². The van der Waals surface area contributed by atoms with E-state index in [4.69, 9.17) is 26.6 Å². The van der Waals surface area contributed by atoms with Gasteiger partial charge in [0, 0.05) is 11.9 Å². The van der Waals surface area contributed by atoms with Crippen LogP contribution in [0.25, 0.3) is 22.5 Å². The molecule has 1 amide bonds. The van der Waals surface area contributed by atoms with E-state index < -0.39 is 17.8 Å². The van der Waals surface area contributed by atoms with Crippen LogP contribution in [0, 0.1) is 12.7 Å². The van der Waals surface area contributed by atoms with Gasteiger partial charge in [-0.05, 0) is 47.7 Å². The van der Waals surface area contributed by atoms with Crippen molar-refractivity contribution in [3.05, 3.63) is 52.6 Å². The van der Waals surface area contributed by atoms with E-state index in [2.05, 4.69) is 10.1 Å². The van der Waals surface area contributed by atoms with Gasteiger partial charge in [-0.25, -0.2) is 4.39 Å². The van der Waals surface area contributed by atoms with Gasteiger partial charge in [-0.15, -0.1) is 0 Å². The van der Waals surface area contributed by atoms with Crippen molar-refractivity contribution in [3.63, 3.8) is 0 Å². The number of nitrogens with two attached hydrogens (primary N) is 1. The number of ether oxygens (including phenoxy) is 1. The zero-order chi connectivity index (χ0) is 19.1. The summed E-state index contributed by atoms with van der Waals surface area (Å²) in [6.07, 6.45) is 0.522. The number of aryl methyl sites for hydroxylation is 2. The molecule has 6 nitrogen and oxygen atoms in total. The predicted octanol–water partition coefficient (Wildman–Crippen LogP) is 3.68. The first kappa shape index (κ1) is 17.5. The van der Waals surface area contributed by atoms with Crippen molar-refractivity contribution < 1.29 is 18.4 Å². The molecule has 1 unspecified atom stereocenters. The molecular weight excluding hydrogens is 373 g/mol. The van der Waals surface area contributed by atoms with Crippen LogP contribution >= 0.6 is 11.6 Å². The van der Waals surface area contributed by atoms with E-state index >= 15 is 0 Å². The minimum Gasteiger partial charge on any atom is -0.480 e. The maximum absolute atomic E-state index is 14.7. The van der Waals surface area contributed by atoms with Crippen molar-refractivity contribution in [2.45, 2.75) is 25.9 Å². The number of halogens is 2. The van der Waals surface area contributed by atoms with Crippen LogP contribution in [0.15, 0.2) is 34.9 Å². The SMILES string of the molecule is Cc1nc(-c2c(F)cc(Cl)cc2-c2ccc3c(c2)OC(C(N)=O)CC3)no1. The van der Waals surface area contributed by atoms with E-state index in [9.17, 15) is 9.18 Å². The topological polar surface area (TPSA) is 91.2 Å². The minimum atomic E-state index is -0.678. The Bertz CT molecular complexity index is 1050. The quantitative estimate of drug-likeness (QED) is 0.740. The van der Waals surface area contributed by atoms with Gasteiger partial charge < -0.3 is 15.0 Å². The molecule has 1 atom stereocenters. The molecule has 2 aromatic carbocycles. The summed E-state index contributed by atoms with van der Waals surface area (Å²) in [5.41, 5.74) is 7.64. The maximum Gasteiger partial charge on any atom is 0.258 e. The Morgan fingerprint density at radius 3 is 2.85 bits per heavy atom. The number of benzene rings is 2. The molecule has 1 aliphatic rings. The second-order valence-electron chi connectivity index (χ2n) is 6.32. The lowest BCUT2D eigenvalue weighted by Crippen LogP contribution is -2.36. The normalized spacial score (nSPS) is 15.9. The summed E-state index contributed by atoms with van der Waals surface area (Å²) in [7, 11) is 0. The highest BCUT2D eigenvalue weighted by Crippen LogP contribution is 2.38. The number of hydrogen-bond acceptors (Lipinski definition) is 5. The zero-order valence-corrected chi connectivity index (χ0v) is 15.1. The molecule has 0 bridgehead atoms. The zero-order valence-electron chi connectivity index (χ0n) is 14.3. The number of fused-ring (bicyclic) bond motifs is 1. The number of aromatic nitrogens is 2. The molecule has 0 aliphatic carbocycles. The summed E-state index contributed by atoms with van der Waals surface area (Å²) in [5.74, 6) is -0.0818. The van der Waals surface area contributed by atoms with Crippen molar-refractivity contribution in [2.24, 2.45) is 5.73 Å². The van der Waals surface area contributed by atoms with Crippen LogP contribution in [0.1, 0.15) is 17.9 Å². The lowest BCUT2D eigenvalue weighted by atomic mass is 9.94. The molecule has 8 heteroatoms. The highest BCUT2D eigenvalue weighted by Gasteiger charge is 2.25. The molecule has 1 aliphatic heterocycles. The maximum atomic E-state index is 14.7. The smallest absolute Gasteiger partial charge is 0.258 e. The van der Waals surface area contributed by atoms with E-state index in [1.165, 1.54) is 6.07 Å². The number of hydrogen-bond donors (Lipinski definition) is 1. The summed E-state index contributed by atoms with van der Waals surface area (Å²) in [6, 6.07) is 8.29. The van der Waals surface area contributed by atoms with Crippen LogP contribution in [0.3, 0.4) is 0 Å². The molecule has 2 N–H and O–H groups in total. The molecular formula is C19H15ClFN3O3. The second kappa shape index (κ2) is 6.66. The van der Waals surface area contributed by atoms with Crippen molar-refractivity contribution in [1.82, 2.24) is 10.1 Å². The third-order valence-corrected chi connectivity index (χ3v) is 4.66. The highest BCUT2D eigenvalue weighted by molar-refractivity contribution is 6.31. The average Bonchev–Trinajstić information content (AvgIpc) is 3.05. The number of primary amides is 1. The Morgan fingerprint density at radius 2 is 2.15 bits per heavy atom. The van der Waals surface area contributed by atoms with Gasteiger partial charge in [0.25, 0.3) is 5.91 Å². The first-order valence-corrected chi connectivity index (χ1v) is 8.69. The summed E-state index contributed by atoms with van der Waals surface area (Å²) < 4.78 is 25.4. The van der Waals surface area contributed by atoms with Crippen LogP contribution in [-0.4, -0.2) is 22.2 Å². The Labute approximate surface area is 159 Å². The molecule has 4 rings (SSSR count). The monoisotopic (exact) mass is 387 g/mol. The lowest BCUT2D eigenvalue weighted by Gasteiger charge is -2.24. The van der Waals surface area contributed by atoms with E-state index in [1.807, 2.05) is 12.1 Å². The number of carbonyl (C=O) groups is 1. The van der Waals surface area contributed by atoms with Crippen molar-refractivity contribution in [3.8, 4) is 28.3 Å². The molecule has 0 radical (unpaired) electrons. The molecule has 0 spiro atoms. The van der Waals surface area contributed by atoms with Crippen molar-refractivity contribution in [2.75, 3.05) is 0 Å². The molecule has 0 fully saturated rings. The third kappa shape index (κ3) is 3.26. The van der Waals surface area contributed by atoms with Gasteiger partial charge in [0.1, 0.15) is 11.6 Å². The van der Waals surface area contributed by atoms with Crippen LogP contribution in [0.5, 0.6) is 5.75 Å². The van der Waals surface area contributed by atoms with Gasteiger partial charge in [0.05, 0.1) is 5.56 Å². The molecule has 138 valence electrons. The van der Waals surface area contributed by atoms with Gasteiger partial charge in [0.2, 0.25) is 11.7 Å². The van der Waals surface area contributed by atoms with Gasteiger partial charge in [-0.1, -0.05) is 28.9 Å². The largest absolute Gasteiger partial charge is 0.480 e. The van der Waals surface area contributed by atoms with E-state index in [-0.39, 0.29) is 16.4 Å². The molecule has 27 heavy (non-hydrogen) atoms. The fraction of sp³-hybridized carbons (Fsp3) is 0.211. The fourth-order valence-electron chi connectivity index (χ4n) is 3.17. The van der Waals surface area contributed by atoms with Crippen molar-refractivity contribution in [1.29, 1.82) is 0 Å². The highest BCUT2D eigenvalue weighted by atomic mass is 35.5. The van der Waals surface area contributed by atoms with Gasteiger partial charge in [-0.3, -0.25) is 4.79 Å². The van der Waals surface area contributed by atoms with Crippen LogP contribution in [0.4, 0.5) is 4.39 Å². The predicted molar refractivity (Wildman–Crippen MR) is 96.8 cm³/mol. The Hall–Kier alpha value is -2.93. The summed E-state index contributed by atoms with van der Waals surface area (Å²) >= 11 is 6.08. The number of nitrogens with zero attached hydrogens (tertiary/aromatic N) is 2. The molecule has 0 saturated heterocycles. The van der Waals surface area contributed by atoms with E-state index in [0.29, 0.717) is 35.6 Å². The number of amides is 1. The van der Waals surface area contributed by atoms with E-state index in [1.54, 1.807) is 19.1 Å². The lowest BCUT2D eigenvalue weighted by molar-refractivity contribution is -0.125. The fourth-order valence-corrected chi connectivity index (χ4v) is 3.37. The van der Waals surface area contributed by atoms with Crippen LogP contribution in [-0.2, 0) is 11.2 Å². The first-order chi connectivity index (χ1) is 12.9. The summed E-state index contributed by atoms with van der Waals surface area (Å²) in [5, 5.41) is 4.06. The van der Waals surface area contributed by atoms with Crippen molar-refractivity contribution >= 4 is 17.5 Å². The Morgan fingerprint density at radius 1 is 1.33 bits per heavy atom. The first-order valence-electron chi connectivity index (χ1n) is 8.31. The molecule has 3 aromatic rings. The summed E-state index contributed by atoms with van der Waals surface area (Å²) in [4.78, 5) is 15.6. The average molecular weight is 388 g/mol. The van der Waals surface area contributed by atoms with Crippen LogP contribution in [0.2, 0.25) is 5.02 Å². The van der Waals surface area contributed by atoms with Gasteiger partial charge in [-0.2, -0.15) is 4.98 Å². The standard InChI is InChI=1S/C19H15ClFN3O3/c1-9-23-19(24-27-9)17-13(7-12(20)8-14(17)21)11-3-2-10-4-5-15(18(22)25)26-16(10)6-11/h2-3,6-8,15H,4-5H2,1H3,(H2,22,25). The van der Waals surface area contributed by atoms with Gasteiger partial charge in [0.15, 0.2) is 6.10 Å². The van der Waals surface area contributed by atoms with Crippen LogP contribution < -0.4 is 10.5 Å². The molecule has 1 aromatic heterocycles. The number of carbonyl (C=O) groups excluding carboxylic acids is 1. The number of rotatable bonds is 3. The Balaban J connectivity index is 1.85. The third-order valence-electron chi connectivity index (χ3n) is 4.45. The molecule has 0 saturated carbocycles. The Kier molecular flexibility index (Phi) is 4.31. The second-order valence-corrected chi connectivity index (χ2v) is 6.75. The molecule has 2 heterocycles. The van der Waals surface area contributed by atoms with Gasteiger partial charge >= 0.3 is 0 Å². The minimum absolute atomic E-state index is 0.130. The summed E-state index contributed by atoms with van der Waals surface area (Å²) in [6.45, 7) is 1.63.